The van der Waals surface area contributed by atoms with E-state index in [1.807, 2.05) is 6.92 Å². The van der Waals surface area contributed by atoms with Gasteiger partial charge in [-0.05, 0) is 79.9 Å². The van der Waals surface area contributed by atoms with E-state index in [0.717, 1.165) is 55.4 Å². The van der Waals surface area contributed by atoms with Gasteiger partial charge in [-0.25, -0.2) is 14.8 Å². The van der Waals surface area contributed by atoms with Crippen LogP contribution in [0.15, 0.2) is 47.6 Å². The first-order valence-electron chi connectivity index (χ1n) is 13.1. The number of pyridine rings is 1. The van der Waals surface area contributed by atoms with E-state index in [-0.39, 0.29) is 10.8 Å². The fourth-order valence-corrected chi connectivity index (χ4v) is 5.52. The first kappa shape index (κ1) is 27.9. The van der Waals surface area contributed by atoms with Gasteiger partial charge in [-0.2, -0.15) is 5.26 Å². The van der Waals surface area contributed by atoms with Crippen LogP contribution in [0.2, 0.25) is 0 Å². The van der Waals surface area contributed by atoms with Crippen molar-refractivity contribution >= 4 is 40.9 Å². The summed E-state index contributed by atoms with van der Waals surface area (Å²) < 4.78 is 0. The number of nitrogens with zero attached hydrogens (tertiary/aromatic N) is 5. The van der Waals surface area contributed by atoms with Crippen LogP contribution in [0.5, 0.6) is 0 Å². The Hall–Kier alpha value is -4.60. The van der Waals surface area contributed by atoms with Gasteiger partial charge in [0.05, 0.1) is 27.4 Å². The molecule has 2 aromatic heterocycles. The molecule has 11 nitrogen and oxygen atoms in total. The van der Waals surface area contributed by atoms with E-state index < -0.39 is 11.9 Å². The fraction of sp³-hybridized carbons (Fsp3) is 0.276. The highest BCUT2D eigenvalue weighted by Crippen LogP contribution is 2.28. The van der Waals surface area contributed by atoms with Crippen LogP contribution in [0.1, 0.15) is 45.6 Å². The molecule has 0 atom stereocenters. The number of carbonyl (C=O) groups is 3. The van der Waals surface area contributed by atoms with Crippen LogP contribution in [-0.2, 0) is 11.3 Å². The molecule has 2 aliphatic heterocycles. The molecule has 0 aliphatic carbocycles. The Morgan fingerprint density at radius 1 is 1.24 bits per heavy atom. The van der Waals surface area contributed by atoms with Gasteiger partial charge in [-0.1, -0.05) is 11.6 Å². The van der Waals surface area contributed by atoms with Crippen molar-refractivity contribution in [1.82, 2.24) is 25.6 Å². The monoisotopic (exact) mass is 569 g/mol. The largest absolute Gasteiger partial charge is 0.478 e. The summed E-state index contributed by atoms with van der Waals surface area (Å²) in [7, 11) is 0. The fourth-order valence-electron chi connectivity index (χ4n) is 4.85. The van der Waals surface area contributed by atoms with Crippen molar-refractivity contribution in [1.29, 1.82) is 5.26 Å². The Labute approximate surface area is 240 Å². The standard InChI is InChI=1S/C29H27N7O4S/c1-17-2-3-22(27(38)39)23(10-17)25-20(13-30)11-19(16-33-25)15-31-14-18-5-8-36(9-6-18)28-32-7-4-21(34-28)12-24-26(37)35-29(40)41-24/h2-4,7,10-12,16,18,31H,5-6,8-9,14-15H2,1H3,(H,38,39)(H,35,37,40)/b24-12-. The molecule has 4 heterocycles. The van der Waals surface area contributed by atoms with E-state index in [1.54, 1.807) is 42.7 Å². The lowest BCUT2D eigenvalue weighted by atomic mass is 9.96. The first-order chi connectivity index (χ1) is 19.8. The number of thioether (sulfide) groups is 1. The molecule has 208 valence electrons. The molecule has 2 fully saturated rings. The zero-order valence-corrected chi connectivity index (χ0v) is 23.1. The normalized spacial score (nSPS) is 16.6. The summed E-state index contributed by atoms with van der Waals surface area (Å²) in [6, 6.07) is 10.6. The molecule has 1 aromatic carbocycles. The van der Waals surface area contributed by atoms with Crippen LogP contribution in [0.25, 0.3) is 17.3 Å². The molecule has 0 bridgehead atoms. The predicted octanol–water partition coefficient (Wildman–Crippen LogP) is 3.75. The topological polar surface area (TPSA) is 161 Å². The van der Waals surface area contributed by atoms with Gasteiger partial charge in [0.25, 0.3) is 11.1 Å². The van der Waals surface area contributed by atoms with Crippen LogP contribution >= 0.6 is 11.8 Å². The number of carboxylic acids is 1. The summed E-state index contributed by atoms with van der Waals surface area (Å²) in [5.74, 6) is -0.429. The minimum atomic E-state index is -1.06. The van der Waals surface area contributed by atoms with Gasteiger partial charge in [0.15, 0.2) is 0 Å². The summed E-state index contributed by atoms with van der Waals surface area (Å²) in [6.07, 6.45) is 6.82. The molecule has 0 unspecified atom stereocenters. The van der Waals surface area contributed by atoms with E-state index in [2.05, 4.69) is 36.6 Å². The summed E-state index contributed by atoms with van der Waals surface area (Å²) in [4.78, 5) is 50.8. The molecule has 41 heavy (non-hydrogen) atoms. The first-order valence-corrected chi connectivity index (χ1v) is 13.9. The average molecular weight is 570 g/mol. The molecule has 3 N–H and O–H groups in total. The maximum Gasteiger partial charge on any atom is 0.336 e. The molecular weight excluding hydrogens is 542 g/mol. The Morgan fingerprint density at radius 3 is 2.76 bits per heavy atom. The second kappa shape index (κ2) is 12.3. The van der Waals surface area contributed by atoms with Crippen molar-refractivity contribution in [2.45, 2.75) is 26.3 Å². The summed E-state index contributed by atoms with van der Waals surface area (Å²) >= 11 is 0.859. The van der Waals surface area contributed by atoms with E-state index in [1.165, 1.54) is 6.07 Å². The Balaban J connectivity index is 1.15. The van der Waals surface area contributed by atoms with Gasteiger partial charge in [0, 0.05) is 37.6 Å². The van der Waals surface area contributed by atoms with Gasteiger partial charge < -0.3 is 15.3 Å². The van der Waals surface area contributed by atoms with Crippen molar-refractivity contribution in [3.63, 3.8) is 0 Å². The minimum absolute atomic E-state index is 0.114. The van der Waals surface area contributed by atoms with E-state index in [0.29, 0.717) is 45.8 Å². The zero-order valence-electron chi connectivity index (χ0n) is 22.3. The Bertz CT molecular complexity index is 1590. The van der Waals surface area contributed by atoms with E-state index in [4.69, 9.17) is 0 Å². The second-order valence-electron chi connectivity index (χ2n) is 9.90. The van der Waals surface area contributed by atoms with Gasteiger partial charge in [0.1, 0.15) is 6.07 Å². The van der Waals surface area contributed by atoms with Crippen molar-refractivity contribution < 1.29 is 19.5 Å². The quantitative estimate of drug-likeness (QED) is 0.339. The molecule has 3 aromatic rings. The molecule has 0 saturated carbocycles. The van der Waals surface area contributed by atoms with Gasteiger partial charge in [-0.15, -0.1) is 0 Å². The lowest BCUT2D eigenvalue weighted by Crippen LogP contribution is -2.38. The number of piperidine rings is 1. The molecular formula is C29H27N7O4S. The predicted molar refractivity (Wildman–Crippen MR) is 154 cm³/mol. The molecule has 0 spiro atoms. The van der Waals surface area contributed by atoms with Crippen molar-refractivity contribution in [3.05, 3.63) is 75.6 Å². The number of aromatic carboxylic acids is 1. The van der Waals surface area contributed by atoms with Crippen LogP contribution in [-0.4, -0.2) is 56.8 Å². The molecule has 5 rings (SSSR count). The number of carbonyl (C=O) groups excluding carboxylic acids is 2. The third-order valence-corrected chi connectivity index (χ3v) is 7.78. The second-order valence-corrected chi connectivity index (χ2v) is 10.9. The maximum atomic E-state index is 11.8. The van der Waals surface area contributed by atoms with Gasteiger partial charge in [0.2, 0.25) is 5.95 Å². The van der Waals surface area contributed by atoms with Gasteiger partial charge >= 0.3 is 5.97 Å². The maximum absolute atomic E-state index is 11.8. The van der Waals surface area contributed by atoms with Crippen molar-refractivity contribution in [2.75, 3.05) is 24.5 Å². The number of hydrogen-bond donors (Lipinski definition) is 3. The smallest absolute Gasteiger partial charge is 0.336 e. The molecule has 2 amide bonds. The van der Waals surface area contributed by atoms with Crippen molar-refractivity contribution in [2.24, 2.45) is 5.92 Å². The number of aromatic nitrogens is 3. The van der Waals surface area contributed by atoms with E-state index in [9.17, 15) is 24.8 Å². The van der Waals surface area contributed by atoms with E-state index >= 15 is 0 Å². The van der Waals surface area contributed by atoms with Crippen molar-refractivity contribution in [3.8, 4) is 17.3 Å². The third kappa shape index (κ3) is 6.59. The molecule has 0 radical (unpaired) electrons. The van der Waals surface area contributed by atoms with Crippen LogP contribution in [0.4, 0.5) is 10.7 Å². The number of nitrogens with one attached hydrogen (secondary N) is 2. The number of imide groups is 1. The Kier molecular flexibility index (Phi) is 8.37. The summed E-state index contributed by atoms with van der Waals surface area (Å²) in [6.45, 7) is 4.78. The third-order valence-electron chi connectivity index (χ3n) is 6.97. The van der Waals surface area contributed by atoms with Gasteiger partial charge in [-0.3, -0.25) is 19.9 Å². The number of amides is 2. The number of hydrogen-bond acceptors (Lipinski definition) is 10. The number of aryl methyl sites for hydroxylation is 1. The SMILES string of the molecule is Cc1ccc(C(=O)O)c(-c2ncc(CNCC3CCN(c4nccc(/C=C5\SC(=O)NC5=O)n4)CC3)cc2C#N)c1. The lowest BCUT2D eigenvalue weighted by Gasteiger charge is -2.32. The highest BCUT2D eigenvalue weighted by atomic mass is 32.2. The Morgan fingerprint density at radius 2 is 2.05 bits per heavy atom. The number of nitriles is 1. The number of benzene rings is 1. The summed E-state index contributed by atoms with van der Waals surface area (Å²) in [5, 5.41) is 24.6. The highest BCUT2D eigenvalue weighted by molar-refractivity contribution is 8.18. The molecule has 2 aliphatic rings. The summed E-state index contributed by atoms with van der Waals surface area (Å²) in [5.41, 5.74) is 3.56. The number of anilines is 1. The van der Waals surface area contributed by atoms with Crippen LogP contribution in [0, 0.1) is 24.2 Å². The van der Waals surface area contributed by atoms with Crippen LogP contribution in [0.3, 0.4) is 0 Å². The lowest BCUT2D eigenvalue weighted by molar-refractivity contribution is -0.115. The van der Waals surface area contributed by atoms with Crippen LogP contribution < -0.4 is 15.5 Å². The molecule has 12 heteroatoms. The number of carboxylic acid groups (broad SMARTS) is 1. The average Bonchev–Trinajstić information content (AvgIpc) is 3.29. The molecule has 2 saturated heterocycles. The zero-order chi connectivity index (χ0) is 28.9. The minimum Gasteiger partial charge on any atom is -0.478 e. The highest BCUT2D eigenvalue weighted by Gasteiger charge is 2.26. The number of rotatable bonds is 8.